The molecule has 0 saturated carbocycles. The Labute approximate surface area is 159 Å². The van der Waals surface area contributed by atoms with Gasteiger partial charge in [-0.25, -0.2) is 13.2 Å². The number of carbonyl (C=O) groups excluding carboxylic acids is 1. The second-order valence-corrected chi connectivity index (χ2v) is 8.03. The van der Waals surface area contributed by atoms with E-state index in [1.54, 1.807) is 39.0 Å². The van der Waals surface area contributed by atoms with Gasteiger partial charge in [-0.15, -0.1) is 0 Å². The van der Waals surface area contributed by atoms with Crippen LogP contribution in [0.4, 0.5) is 0 Å². The van der Waals surface area contributed by atoms with Crippen molar-refractivity contribution in [1.82, 2.24) is 4.31 Å². The zero-order valence-corrected chi connectivity index (χ0v) is 16.5. The molecule has 0 spiro atoms. The van der Waals surface area contributed by atoms with Gasteiger partial charge in [-0.05, 0) is 31.2 Å². The molecule has 26 heavy (non-hydrogen) atoms. The smallest absolute Gasteiger partial charge is 0.338 e. The van der Waals surface area contributed by atoms with Gasteiger partial charge in [0.15, 0.2) is 0 Å². The van der Waals surface area contributed by atoms with E-state index >= 15 is 0 Å². The molecule has 7 heteroatoms. The van der Waals surface area contributed by atoms with Crippen LogP contribution in [0.1, 0.15) is 42.8 Å². The van der Waals surface area contributed by atoms with E-state index in [4.69, 9.17) is 16.3 Å². The first-order valence-corrected chi connectivity index (χ1v) is 10.2. The van der Waals surface area contributed by atoms with Crippen molar-refractivity contribution in [2.24, 2.45) is 0 Å². The average Bonchev–Trinajstić information content (AvgIpc) is 2.63. The zero-order chi connectivity index (χ0) is 19.3. The third kappa shape index (κ3) is 4.44. The molecule has 140 valence electrons. The van der Waals surface area contributed by atoms with Gasteiger partial charge < -0.3 is 4.74 Å². The summed E-state index contributed by atoms with van der Waals surface area (Å²) in [5, 5.41) is 0.505. The van der Waals surface area contributed by atoms with Crippen LogP contribution in [-0.4, -0.2) is 31.8 Å². The van der Waals surface area contributed by atoms with Crippen LogP contribution in [0.25, 0.3) is 0 Å². The molecule has 0 saturated heterocycles. The monoisotopic (exact) mass is 395 g/mol. The van der Waals surface area contributed by atoms with Crippen LogP contribution in [0.5, 0.6) is 0 Å². The van der Waals surface area contributed by atoms with Crippen molar-refractivity contribution in [2.75, 3.05) is 13.1 Å². The molecule has 1 atom stereocenters. The quantitative estimate of drug-likeness (QED) is 0.656. The van der Waals surface area contributed by atoms with Crippen LogP contribution < -0.4 is 0 Å². The Balaban J connectivity index is 2.25. The average molecular weight is 396 g/mol. The van der Waals surface area contributed by atoms with Gasteiger partial charge in [-0.1, -0.05) is 49.7 Å². The van der Waals surface area contributed by atoms with Crippen LogP contribution >= 0.6 is 11.6 Å². The Morgan fingerprint density at radius 2 is 1.77 bits per heavy atom. The summed E-state index contributed by atoms with van der Waals surface area (Å²) in [4.78, 5) is 12.5. The summed E-state index contributed by atoms with van der Waals surface area (Å²) in [6.45, 7) is 5.97. The Bertz CT molecular complexity index is 879. The van der Waals surface area contributed by atoms with Crippen LogP contribution in [-0.2, 0) is 14.8 Å². The summed E-state index contributed by atoms with van der Waals surface area (Å²) in [7, 11) is -3.64. The second-order valence-electron chi connectivity index (χ2n) is 5.69. The number of benzene rings is 2. The highest BCUT2D eigenvalue weighted by molar-refractivity contribution is 7.89. The number of ether oxygens (including phenoxy) is 1. The van der Waals surface area contributed by atoms with Crippen molar-refractivity contribution in [3.63, 3.8) is 0 Å². The molecular weight excluding hydrogens is 374 g/mol. The van der Waals surface area contributed by atoms with E-state index in [9.17, 15) is 13.2 Å². The van der Waals surface area contributed by atoms with E-state index in [2.05, 4.69) is 0 Å². The summed E-state index contributed by atoms with van der Waals surface area (Å²) in [5.41, 5.74) is 0.867. The lowest BCUT2D eigenvalue weighted by Crippen LogP contribution is -2.30. The van der Waals surface area contributed by atoms with E-state index < -0.39 is 22.1 Å². The van der Waals surface area contributed by atoms with Crippen molar-refractivity contribution in [2.45, 2.75) is 31.8 Å². The minimum Gasteiger partial charge on any atom is -0.454 e. The van der Waals surface area contributed by atoms with Crippen molar-refractivity contribution in [3.05, 3.63) is 64.7 Å². The largest absolute Gasteiger partial charge is 0.454 e. The number of esters is 1. The topological polar surface area (TPSA) is 63.7 Å². The van der Waals surface area contributed by atoms with Crippen LogP contribution in [0, 0.1) is 0 Å². The lowest BCUT2D eigenvalue weighted by Gasteiger charge is -2.19. The van der Waals surface area contributed by atoms with Crippen molar-refractivity contribution >= 4 is 27.6 Å². The molecular formula is C19H22ClNO4S. The summed E-state index contributed by atoms with van der Waals surface area (Å²) in [6.07, 6.45) is -0.556. The second kappa shape index (κ2) is 8.66. The molecule has 2 rings (SSSR count). The predicted octanol–water partition coefficient (Wildman–Crippen LogP) is 4.29. The Kier molecular flexibility index (Phi) is 6.81. The van der Waals surface area contributed by atoms with Gasteiger partial charge in [0, 0.05) is 23.7 Å². The maximum Gasteiger partial charge on any atom is 0.338 e. The lowest BCUT2D eigenvalue weighted by molar-refractivity contribution is 0.0338. The van der Waals surface area contributed by atoms with Gasteiger partial charge in [-0.3, -0.25) is 0 Å². The number of hydrogen-bond donors (Lipinski definition) is 0. The van der Waals surface area contributed by atoms with Crippen LogP contribution in [0.15, 0.2) is 53.4 Å². The summed E-state index contributed by atoms with van der Waals surface area (Å²) in [5.74, 6) is -0.603. The Hall–Kier alpha value is -1.89. The molecule has 0 fully saturated rings. The molecule has 0 unspecified atom stereocenters. The lowest BCUT2D eigenvalue weighted by atomic mass is 10.1. The van der Waals surface area contributed by atoms with Gasteiger partial charge >= 0.3 is 5.97 Å². The van der Waals surface area contributed by atoms with Gasteiger partial charge in [0.25, 0.3) is 0 Å². The number of rotatable bonds is 7. The number of sulfonamides is 1. The van der Waals surface area contributed by atoms with Gasteiger partial charge in [-0.2, -0.15) is 4.31 Å². The van der Waals surface area contributed by atoms with E-state index in [1.165, 1.54) is 28.6 Å². The van der Waals surface area contributed by atoms with E-state index in [-0.39, 0.29) is 10.5 Å². The Morgan fingerprint density at radius 1 is 1.12 bits per heavy atom. The number of hydrogen-bond acceptors (Lipinski definition) is 4. The summed E-state index contributed by atoms with van der Waals surface area (Å²) >= 11 is 6.12. The number of halogens is 1. The molecule has 0 bridgehead atoms. The fourth-order valence-electron chi connectivity index (χ4n) is 2.59. The minimum absolute atomic E-state index is 0.0704. The standard InChI is InChI=1S/C19H22ClNO4S/c1-4-21(5-2)26(23,24)16-10-8-9-15(13-16)19(22)25-14(3)17-11-6-7-12-18(17)20/h6-14H,4-5H2,1-3H3/t14-/m0/s1. The highest BCUT2D eigenvalue weighted by Gasteiger charge is 2.23. The summed E-state index contributed by atoms with van der Waals surface area (Å²) in [6, 6.07) is 13.0. The molecule has 0 aliphatic heterocycles. The molecule has 0 N–H and O–H groups in total. The fourth-order valence-corrected chi connectivity index (χ4v) is 4.39. The van der Waals surface area contributed by atoms with Crippen molar-refractivity contribution < 1.29 is 17.9 Å². The third-order valence-corrected chi connectivity index (χ3v) is 6.43. The number of carbonyl (C=O) groups is 1. The van der Waals surface area contributed by atoms with Gasteiger partial charge in [0.05, 0.1) is 10.5 Å². The van der Waals surface area contributed by atoms with Crippen LogP contribution in [0.2, 0.25) is 5.02 Å². The fraction of sp³-hybridized carbons (Fsp3) is 0.316. The minimum atomic E-state index is -3.64. The van der Waals surface area contributed by atoms with Crippen molar-refractivity contribution in [1.29, 1.82) is 0 Å². The van der Waals surface area contributed by atoms with E-state index in [0.717, 1.165) is 0 Å². The molecule has 0 aliphatic rings. The molecule has 0 radical (unpaired) electrons. The van der Waals surface area contributed by atoms with Gasteiger partial charge in [0.2, 0.25) is 10.0 Å². The third-order valence-electron chi connectivity index (χ3n) is 4.04. The molecule has 2 aromatic rings. The van der Waals surface area contributed by atoms with E-state index in [0.29, 0.717) is 23.7 Å². The molecule has 0 aliphatic carbocycles. The zero-order valence-electron chi connectivity index (χ0n) is 15.0. The molecule has 0 heterocycles. The maximum atomic E-state index is 12.6. The number of nitrogens with zero attached hydrogens (tertiary/aromatic N) is 1. The molecule has 5 nitrogen and oxygen atoms in total. The normalized spacial score (nSPS) is 12.8. The van der Waals surface area contributed by atoms with E-state index in [1.807, 2.05) is 6.07 Å². The highest BCUT2D eigenvalue weighted by atomic mass is 35.5. The molecule has 0 aromatic heterocycles. The van der Waals surface area contributed by atoms with Crippen LogP contribution in [0.3, 0.4) is 0 Å². The van der Waals surface area contributed by atoms with Gasteiger partial charge in [0.1, 0.15) is 6.10 Å². The van der Waals surface area contributed by atoms with Crippen molar-refractivity contribution in [3.8, 4) is 0 Å². The SMILES string of the molecule is CCN(CC)S(=O)(=O)c1cccc(C(=O)O[C@@H](C)c2ccccc2Cl)c1. The molecule has 2 aromatic carbocycles. The first-order valence-electron chi connectivity index (χ1n) is 8.36. The maximum absolute atomic E-state index is 12.6. The summed E-state index contributed by atoms with van der Waals surface area (Å²) < 4.78 is 32.0. The molecule has 0 amide bonds. The first kappa shape index (κ1) is 20.4. The Morgan fingerprint density at radius 3 is 2.38 bits per heavy atom. The first-order chi connectivity index (χ1) is 12.3. The highest BCUT2D eigenvalue weighted by Crippen LogP contribution is 2.26. The predicted molar refractivity (Wildman–Crippen MR) is 102 cm³/mol.